The van der Waals surface area contributed by atoms with Crippen LogP contribution in [0.5, 0.6) is 0 Å². The van der Waals surface area contributed by atoms with Crippen molar-refractivity contribution in [3.05, 3.63) is 64.2 Å². The molecule has 24 heavy (non-hydrogen) atoms. The zero-order valence-electron chi connectivity index (χ0n) is 14.5. The van der Waals surface area contributed by atoms with E-state index in [4.69, 9.17) is 0 Å². The molecule has 1 aliphatic heterocycles. The molecule has 1 N–H and O–H groups in total. The van der Waals surface area contributed by atoms with Crippen LogP contribution in [-0.4, -0.2) is 11.8 Å². The van der Waals surface area contributed by atoms with E-state index in [1.165, 1.54) is 12.5 Å². The summed E-state index contributed by atoms with van der Waals surface area (Å²) in [4.78, 5) is 26.4. The van der Waals surface area contributed by atoms with Crippen molar-refractivity contribution in [3.8, 4) is 0 Å². The fourth-order valence-corrected chi connectivity index (χ4v) is 3.30. The summed E-state index contributed by atoms with van der Waals surface area (Å²) in [6, 6.07) is 11.6. The van der Waals surface area contributed by atoms with E-state index in [9.17, 15) is 9.59 Å². The second-order valence-electron chi connectivity index (χ2n) is 6.51. The Morgan fingerprint density at radius 1 is 1.04 bits per heavy atom. The van der Waals surface area contributed by atoms with Gasteiger partial charge in [0.15, 0.2) is 0 Å². The number of hydrogen-bond acceptors (Lipinski definition) is 2. The highest BCUT2D eigenvalue weighted by molar-refractivity contribution is 6.07. The molecule has 1 atom stereocenters. The van der Waals surface area contributed by atoms with Crippen LogP contribution in [-0.2, 0) is 16.1 Å². The summed E-state index contributed by atoms with van der Waals surface area (Å²) in [5.74, 6) is -0.268. The lowest BCUT2D eigenvalue weighted by molar-refractivity contribution is -0.126. The summed E-state index contributed by atoms with van der Waals surface area (Å²) in [5.41, 5.74) is 6.18. The lowest BCUT2D eigenvalue weighted by Gasteiger charge is -2.20. The highest BCUT2D eigenvalue weighted by atomic mass is 16.2. The Balaban J connectivity index is 2.05. The molecule has 124 valence electrons. The first-order valence-electron chi connectivity index (χ1n) is 8.12. The van der Waals surface area contributed by atoms with Crippen LogP contribution in [0, 0.1) is 20.8 Å². The first-order valence-corrected chi connectivity index (χ1v) is 8.12. The Bertz CT molecular complexity index is 809. The Kier molecular flexibility index (Phi) is 4.14. The number of nitrogens with one attached hydrogen (secondary N) is 1. The van der Waals surface area contributed by atoms with Crippen LogP contribution in [0.15, 0.2) is 36.4 Å². The van der Waals surface area contributed by atoms with Gasteiger partial charge in [0.05, 0.1) is 12.2 Å². The lowest BCUT2D eigenvalue weighted by atomic mass is 9.99. The Labute approximate surface area is 142 Å². The number of amides is 2. The second kappa shape index (κ2) is 6.11. The molecule has 4 nitrogen and oxygen atoms in total. The highest BCUT2D eigenvalue weighted by Crippen LogP contribution is 2.41. The smallest absolute Gasteiger partial charge is 0.254 e. The molecule has 1 aliphatic rings. The maximum Gasteiger partial charge on any atom is 0.254 e. The average Bonchev–Trinajstić information content (AvgIpc) is 2.79. The van der Waals surface area contributed by atoms with Crippen LogP contribution in [0.1, 0.15) is 40.8 Å². The maximum absolute atomic E-state index is 13.0. The van der Waals surface area contributed by atoms with Crippen molar-refractivity contribution in [1.82, 2.24) is 5.32 Å². The number of carbonyl (C=O) groups excluding carboxylic acids is 2. The van der Waals surface area contributed by atoms with E-state index in [0.29, 0.717) is 6.54 Å². The molecule has 0 saturated carbocycles. The molecule has 2 aromatic rings. The molecule has 0 aliphatic carbocycles. The van der Waals surface area contributed by atoms with Crippen LogP contribution in [0.25, 0.3) is 0 Å². The molecule has 1 heterocycles. The Morgan fingerprint density at radius 2 is 1.67 bits per heavy atom. The first kappa shape index (κ1) is 16.2. The number of anilines is 1. The van der Waals surface area contributed by atoms with E-state index in [0.717, 1.165) is 27.9 Å². The molecular formula is C20H22N2O2. The molecule has 0 unspecified atom stereocenters. The molecule has 0 saturated heterocycles. The van der Waals surface area contributed by atoms with Gasteiger partial charge in [0, 0.05) is 12.5 Å². The fraction of sp³-hybridized carbons (Fsp3) is 0.300. The maximum atomic E-state index is 13.0. The molecule has 0 spiro atoms. The quantitative estimate of drug-likeness (QED) is 0.942. The Morgan fingerprint density at radius 3 is 2.29 bits per heavy atom. The van der Waals surface area contributed by atoms with Gasteiger partial charge in [0.1, 0.15) is 6.04 Å². The van der Waals surface area contributed by atoms with E-state index >= 15 is 0 Å². The van der Waals surface area contributed by atoms with Crippen LogP contribution in [0.3, 0.4) is 0 Å². The van der Waals surface area contributed by atoms with E-state index in [1.54, 1.807) is 4.90 Å². The number of carbonyl (C=O) groups is 2. The van der Waals surface area contributed by atoms with Crippen LogP contribution >= 0.6 is 0 Å². The van der Waals surface area contributed by atoms with Crippen LogP contribution < -0.4 is 10.2 Å². The van der Waals surface area contributed by atoms with Gasteiger partial charge in [-0.25, -0.2) is 0 Å². The van der Waals surface area contributed by atoms with E-state index in [2.05, 4.69) is 5.32 Å². The van der Waals surface area contributed by atoms with E-state index in [-0.39, 0.29) is 11.8 Å². The SMILES string of the molecule is CC(=O)N[C@@H]1C(=O)N(Cc2ccc(C)cc2)c2c(C)ccc(C)c21. The summed E-state index contributed by atoms with van der Waals surface area (Å²) in [5, 5.41) is 2.81. The molecule has 0 bridgehead atoms. The van der Waals surface area contributed by atoms with Crippen molar-refractivity contribution in [3.63, 3.8) is 0 Å². The van der Waals surface area contributed by atoms with Gasteiger partial charge in [-0.2, -0.15) is 0 Å². The largest absolute Gasteiger partial charge is 0.341 e. The van der Waals surface area contributed by atoms with Gasteiger partial charge in [-0.15, -0.1) is 0 Å². The van der Waals surface area contributed by atoms with Gasteiger partial charge in [-0.05, 0) is 37.5 Å². The first-order chi connectivity index (χ1) is 11.4. The normalized spacial score (nSPS) is 16.2. The third-order valence-corrected chi connectivity index (χ3v) is 4.52. The fourth-order valence-electron chi connectivity index (χ4n) is 3.30. The zero-order valence-corrected chi connectivity index (χ0v) is 14.5. The van der Waals surface area contributed by atoms with Gasteiger partial charge in [0.25, 0.3) is 5.91 Å². The number of hydrogen-bond donors (Lipinski definition) is 1. The summed E-state index contributed by atoms with van der Waals surface area (Å²) in [6.45, 7) is 7.98. The van der Waals surface area contributed by atoms with Gasteiger partial charge in [-0.1, -0.05) is 42.0 Å². The van der Waals surface area contributed by atoms with Crippen LogP contribution in [0.4, 0.5) is 5.69 Å². The third kappa shape index (κ3) is 2.80. The monoisotopic (exact) mass is 322 g/mol. The molecule has 0 aromatic heterocycles. The number of aryl methyl sites for hydroxylation is 3. The summed E-state index contributed by atoms with van der Waals surface area (Å²) >= 11 is 0. The standard InChI is InChI=1S/C20H22N2O2/c1-12-5-9-16(10-6-12)11-22-19-14(3)8-7-13(2)17(19)18(20(22)24)21-15(4)23/h5-10,18H,11H2,1-4H3,(H,21,23)/t18-/m0/s1. The van der Waals surface area contributed by atoms with E-state index in [1.807, 2.05) is 57.2 Å². The minimum absolute atomic E-state index is 0.0711. The minimum Gasteiger partial charge on any atom is -0.341 e. The molecular weight excluding hydrogens is 300 g/mol. The summed E-state index contributed by atoms with van der Waals surface area (Å²) in [7, 11) is 0. The van der Waals surface area contributed by atoms with Gasteiger partial charge in [-0.3, -0.25) is 9.59 Å². The molecule has 2 amide bonds. The molecule has 0 fully saturated rings. The Hall–Kier alpha value is -2.62. The molecule has 2 aromatic carbocycles. The van der Waals surface area contributed by atoms with Gasteiger partial charge in [0.2, 0.25) is 5.91 Å². The third-order valence-electron chi connectivity index (χ3n) is 4.52. The molecule has 3 rings (SSSR count). The number of rotatable bonds is 3. The number of benzene rings is 2. The predicted octanol–water partition coefficient (Wildman–Crippen LogP) is 3.34. The second-order valence-corrected chi connectivity index (χ2v) is 6.51. The number of fused-ring (bicyclic) bond motifs is 1. The van der Waals surface area contributed by atoms with Crippen molar-refractivity contribution in [1.29, 1.82) is 0 Å². The average molecular weight is 322 g/mol. The minimum atomic E-state index is -0.595. The van der Waals surface area contributed by atoms with Gasteiger partial charge < -0.3 is 10.2 Å². The van der Waals surface area contributed by atoms with Crippen molar-refractivity contribution in [2.45, 2.75) is 40.3 Å². The zero-order chi connectivity index (χ0) is 17.4. The van der Waals surface area contributed by atoms with Gasteiger partial charge >= 0.3 is 0 Å². The van der Waals surface area contributed by atoms with Crippen LogP contribution in [0.2, 0.25) is 0 Å². The van der Waals surface area contributed by atoms with Crippen molar-refractivity contribution >= 4 is 17.5 Å². The van der Waals surface area contributed by atoms with Crippen molar-refractivity contribution < 1.29 is 9.59 Å². The lowest BCUT2D eigenvalue weighted by Crippen LogP contribution is -2.36. The van der Waals surface area contributed by atoms with Crippen molar-refractivity contribution in [2.75, 3.05) is 4.90 Å². The van der Waals surface area contributed by atoms with E-state index < -0.39 is 6.04 Å². The molecule has 4 heteroatoms. The van der Waals surface area contributed by atoms with Crippen molar-refractivity contribution in [2.24, 2.45) is 0 Å². The summed E-state index contributed by atoms with van der Waals surface area (Å²) < 4.78 is 0. The molecule has 0 radical (unpaired) electrons. The highest BCUT2D eigenvalue weighted by Gasteiger charge is 2.39. The topological polar surface area (TPSA) is 49.4 Å². The predicted molar refractivity (Wildman–Crippen MR) is 94.8 cm³/mol. The summed E-state index contributed by atoms with van der Waals surface area (Å²) in [6.07, 6.45) is 0. The number of nitrogens with zero attached hydrogens (tertiary/aromatic N) is 1.